The van der Waals surface area contributed by atoms with Gasteiger partial charge in [-0.3, -0.25) is 14.9 Å². The molecule has 1 N–H and O–H groups in total. The molecule has 0 aliphatic heterocycles. The second-order valence-corrected chi connectivity index (χ2v) is 9.79. The number of para-hydroxylation sites is 1. The molecule has 0 aliphatic carbocycles. The van der Waals surface area contributed by atoms with E-state index in [1.165, 1.54) is 25.5 Å². The number of nitro groups is 1. The predicted molar refractivity (Wildman–Crippen MR) is 164 cm³/mol. The summed E-state index contributed by atoms with van der Waals surface area (Å²) in [4.78, 5) is 23.3. The predicted octanol–water partition coefficient (Wildman–Crippen LogP) is 6.53. The number of nitrogens with zero attached hydrogens (tertiary/aromatic N) is 3. The third kappa shape index (κ3) is 6.96. The lowest BCUT2D eigenvalue weighted by Crippen LogP contribution is -2.17. The van der Waals surface area contributed by atoms with Gasteiger partial charge in [0.2, 0.25) is 0 Å². The number of nitrogens with one attached hydrogen (secondary N) is 1. The molecule has 0 aliphatic rings. The number of hydrazone groups is 1. The first-order chi connectivity index (χ1) is 21.3. The molecule has 0 fully saturated rings. The third-order valence-electron chi connectivity index (χ3n) is 6.74. The second kappa shape index (κ2) is 13.4. The van der Waals surface area contributed by atoms with Crippen LogP contribution in [0.25, 0.3) is 5.69 Å². The van der Waals surface area contributed by atoms with Crippen molar-refractivity contribution in [3.05, 3.63) is 135 Å². The van der Waals surface area contributed by atoms with Crippen LogP contribution in [0.4, 0.5) is 5.69 Å². The summed E-state index contributed by atoms with van der Waals surface area (Å²) >= 11 is 0. The highest BCUT2D eigenvalue weighted by Crippen LogP contribution is 2.31. The van der Waals surface area contributed by atoms with Crippen LogP contribution in [0.1, 0.15) is 38.8 Å². The Morgan fingerprint density at radius 2 is 1.70 bits per heavy atom. The Kier molecular flexibility index (Phi) is 9.05. The van der Waals surface area contributed by atoms with Crippen LogP contribution in [0.3, 0.4) is 0 Å². The van der Waals surface area contributed by atoms with Gasteiger partial charge >= 0.3 is 5.91 Å². The average molecular weight is 595 g/mol. The van der Waals surface area contributed by atoms with Gasteiger partial charge in [0.1, 0.15) is 24.7 Å². The van der Waals surface area contributed by atoms with E-state index in [-0.39, 0.29) is 24.7 Å². The zero-order chi connectivity index (χ0) is 31.1. The molecule has 2 aromatic heterocycles. The van der Waals surface area contributed by atoms with Crippen LogP contribution in [0.5, 0.6) is 17.2 Å². The molecule has 224 valence electrons. The SMILES string of the molecule is COc1cccc(C=NNC(=O)c2ccc(COc3ccc(-n4c(C)ccc4C)cc3)o2)c1OCc1cccc([N+](=O)[O-])c1. The zero-order valence-corrected chi connectivity index (χ0v) is 24.4. The molecule has 0 saturated carbocycles. The summed E-state index contributed by atoms with van der Waals surface area (Å²) in [5, 5.41) is 15.1. The summed E-state index contributed by atoms with van der Waals surface area (Å²) in [5.41, 5.74) is 6.89. The fourth-order valence-electron chi connectivity index (χ4n) is 4.58. The molecule has 3 aromatic carbocycles. The number of furan rings is 1. The van der Waals surface area contributed by atoms with Crippen LogP contribution in [0, 0.1) is 24.0 Å². The van der Waals surface area contributed by atoms with Gasteiger partial charge in [0.15, 0.2) is 17.3 Å². The number of carbonyl (C=O) groups is 1. The molecule has 2 heterocycles. The summed E-state index contributed by atoms with van der Waals surface area (Å²) in [6.45, 7) is 4.32. The highest BCUT2D eigenvalue weighted by atomic mass is 16.6. The Bertz CT molecular complexity index is 1790. The topological polar surface area (TPSA) is 130 Å². The van der Waals surface area contributed by atoms with E-state index >= 15 is 0 Å². The number of rotatable bonds is 12. The largest absolute Gasteiger partial charge is 0.493 e. The molecule has 0 radical (unpaired) electrons. The van der Waals surface area contributed by atoms with Gasteiger partial charge in [-0.05, 0) is 80.1 Å². The van der Waals surface area contributed by atoms with Crippen molar-refractivity contribution in [2.24, 2.45) is 5.10 Å². The summed E-state index contributed by atoms with van der Waals surface area (Å²) < 4.78 is 25.0. The minimum Gasteiger partial charge on any atom is -0.493 e. The fraction of sp³-hybridized carbons (Fsp3) is 0.152. The quantitative estimate of drug-likeness (QED) is 0.0988. The van der Waals surface area contributed by atoms with E-state index in [0.717, 1.165) is 17.1 Å². The van der Waals surface area contributed by atoms with Crippen LogP contribution in [-0.4, -0.2) is 28.7 Å². The minimum absolute atomic E-state index is 0.0318. The average Bonchev–Trinajstić information content (AvgIpc) is 3.65. The maximum Gasteiger partial charge on any atom is 0.307 e. The lowest BCUT2D eigenvalue weighted by atomic mass is 10.2. The number of aromatic nitrogens is 1. The van der Waals surface area contributed by atoms with Crippen molar-refractivity contribution >= 4 is 17.8 Å². The molecule has 0 unspecified atom stereocenters. The van der Waals surface area contributed by atoms with Gasteiger partial charge < -0.3 is 23.2 Å². The van der Waals surface area contributed by atoms with E-state index < -0.39 is 10.8 Å². The van der Waals surface area contributed by atoms with E-state index in [4.69, 9.17) is 18.6 Å². The summed E-state index contributed by atoms with van der Waals surface area (Å²) in [6, 6.07) is 26.5. The number of non-ortho nitro benzene ring substituents is 1. The molecule has 0 saturated heterocycles. The molecule has 11 heteroatoms. The van der Waals surface area contributed by atoms with Crippen LogP contribution >= 0.6 is 0 Å². The van der Waals surface area contributed by atoms with E-state index in [1.807, 2.05) is 24.3 Å². The summed E-state index contributed by atoms with van der Waals surface area (Å²) in [7, 11) is 1.50. The van der Waals surface area contributed by atoms with Crippen molar-refractivity contribution in [1.82, 2.24) is 9.99 Å². The molecule has 1 amide bonds. The van der Waals surface area contributed by atoms with Crippen LogP contribution < -0.4 is 19.6 Å². The van der Waals surface area contributed by atoms with Gasteiger partial charge in [0, 0.05) is 34.8 Å². The number of hydrogen-bond acceptors (Lipinski definition) is 8. The smallest absolute Gasteiger partial charge is 0.307 e. The number of methoxy groups -OCH3 is 1. The van der Waals surface area contributed by atoms with Crippen molar-refractivity contribution in [2.45, 2.75) is 27.1 Å². The van der Waals surface area contributed by atoms with Crippen molar-refractivity contribution in [1.29, 1.82) is 0 Å². The van der Waals surface area contributed by atoms with Crippen LogP contribution in [0.2, 0.25) is 0 Å². The molecule has 11 nitrogen and oxygen atoms in total. The molecule has 5 aromatic rings. The normalized spacial score (nSPS) is 11.0. The number of nitro benzene ring substituents is 1. The van der Waals surface area contributed by atoms with E-state index in [2.05, 4.69) is 41.1 Å². The number of ether oxygens (including phenoxy) is 3. The first-order valence-corrected chi connectivity index (χ1v) is 13.7. The molecular weight excluding hydrogens is 564 g/mol. The maximum atomic E-state index is 12.7. The van der Waals surface area contributed by atoms with E-state index in [1.54, 1.807) is 42.5 Å². The Morgan fingerprint density at radius 1 is 0.955 bits per heavy atom. The van der Waals surface area contributed by atoms with Crippen molar-refractivity contribution in [2.75, 3.05) is 7.11 Å². The van der Waals surface area contributed by atoms with Gasteiger partial charge in [-0.2, -0.15) is 5.10 Å². The Morgan fingerprint density at radius 3 is 2.43 bits per heavy atom. The van der Waals surface area contributed by atoms with E-state index in [0.29, 0.717) is 34.1 Å². The number of carbonyl (C=O) groups excluding carboxylic acids is 1. The van der Waals surface area contributed by atoms with Crippen molar-refractivity contribution < 1.29 is 28.3 Å². The first kappa shape index (κ1) is 29.6. The third-order valence-corrected chi connectivity index (χ3v) is 6.74. The van der Waals surface area contributed by atoms with Crippen molar-refractivity contribution in [3.63, 3.8) is 0 Å². The number of hydrogen-bond donors (Lipinski definition) is 1. The monoisotopic (exact) mass is 594 g/mol. The minimum atomic E-state index is -0.545. The second-order valence-electron chi connectivity index (χ2n) is 9.79. The lowest BCUT2D eigenvalue weighted by molar-refractivity contribution is -0.384. The number of aryl methyl sites for hydroxylation is 2. The van der Waals surface area contributed by atoms with Gasteiger partial charge in [-0.1, -0.05) is 18.2 Å². The molecule has 0 spiro atoms. The highest BCUT2D eigenvalue weighted by Gasteiger charge is 2.14. The molecule has 5 rings (SSSR count). The Labute approximate surface area is 253 Å². The van der Waals surface area contributed by atoms with Gasteiger partial charge in [0.25, 0.3) is 5.69 Å². The lowest BCUT2D eigenvalue weighted by Gasteiger charge is -2.13. The number of benzene rings is 3. The Balaban J connectivity index is 1.18. The van der Waals surface area contributed by atoms with E-state index in [9.17, 15) is 14.9 Å². The van der Waals surface area contributed by atoms with Gasteiger partial charge in [0.05, 0.1) is 18.2 Å². The summed E-state index contributed by atoms with van der Waals surface area (Å²) in [6.07, 6.45) is 1.41. The van der Waals surface area contributed by atoms with Crippen LogP contribution in [0.15, 0.2) is 101 Å². The van der Waals surface area contributed by atoms with Crippen molar-refractivity contribution in [3.8, 4) is 22.9 Å². The molecule has 44 heavy (non-hydrogen) atoms. The summed E-state index contributed by atoms with van der Waals surface area (Å²) in [5.74, 6) is 1.48. The van der Waals surface area contributed by atoms with Crippen LogP contribution in [-0.2, 0) is 13.2 Å². The fourth-order valence-corrected chi connectivity index (χ4v) is 4.58. The first-order valence-electron chi connectivity index (χ1n) is 13.7. The Hall–Kier alpha value is -5.84. The molecule has 0 bridgehead atoms. The highest BCUT2D eigenvalue weighted by molar-refractivity contribution is 5.93. The standard InChI is InChI=1S/C33H30N4O7/c1-22-10-11-23(2)36(22)26-12-14-28(15-13-26)42-21-29-16-17-31(44-29)33(38)35-34-19-25-7-5-9-30(41-3)32(25)43-20-24-6-4-8-27(18-24)37(39)40/h4-19H,20-21H2,1-3H3,(H,35,38). The van der Waals surface area contributed by atoms with Gasteiger partial charge in [-0.15, -0.1) is 0 Å². The maximum absolute atomic E-state index is 12.7. The zero-order valence-electron chi connectivity index (χ0n) is 24.4. The molecular formula is C33H30N4O7. The number of amides is 1. The van der Waals surface area contributed by atoms with Gasteiger partial charge in [-0.25, -0.2) is 5.43 Å². The molecule has 0 atom stereocenters.